The second kappa shape index (κ2) is 10.5. The number of methoxy groups -OCH3 is 2. The molecule has 0 aliphatic carbocycles. The molecule has 0 bridgehead atoms. The van der Waals surface area contributed by atoms with Crippen LogP contribution < -0.4 is 14.8 Å². The molecule has 0 aliphatic rings. The summed E-state index contributed by atoms with van der Waals surface area (Å²) in [6.07, 6.45) is 0. The van der Waals surface area contributed by atoms with Gasteiger partial charge in [0.1, 0.15) is 18.2 Å². The van der Waals surface area contributed by atoms with E-state index >= 15 is 0 Å². The first-order valence-corrected chi connectivity index (χ1v) is 10.6. The summed E-state index contributed by atoms with van der Waals surface area (Å²) in [5, 5.41) is 5.62. The quantitative estimate of drug-likeness (QED) is 0.473. The molecule has 162 valence electrons. The van der Waals surface area contributed by atoms with Gasteiger partial charge in [0.25, 0.3) is 5.91 Å². The number of aromatic nitrogens is 1. The highest BCUT2D eigenvalue weighted by molar-refractivity contribution is 7.13. The van der Waals surface area contributed by atoms with Crippen molar-refractivity contribution in [2.45, 2.75) is 6.61 Å². The lowest BCUT2D eigenvalue weighted by Gasteiger charge is -2.08. The standard InChI is InChI=1S/C21H18Cl2N2O5S/c1-28-17-6-3-12(7-18(17)29-2)21-25-14(11-31-21)10-30-19(26)9-24-20(27)15-5-4-13(22)8-16(15)23/h3-8,11H,9-10H2,1-2H3,(H,24,27). The number of ether oxygens (including phenoxy) is 3. The van der Waals surface area contributed by atoms with Crippen LogP contribution in [0, 0.1) is 0 Å². The molecule has 0 atom stereocenters. The van der Waals surface area contributed by atoms with E-state index in [-0.39, 0.29) is 23.7 Å². The molecule has 31 heavy (non-hydrogen) atoms. The number of carbonyl (C=O) groups excluding carboxylic acids is 2. The highest BCUT2D eigenvalue weighted by Gasteiger charge is 2.14. The zero-order valence-electron chi connectivity index (χ0n) is 16.6. The zero-order chi connectivity index (χ0) is 22.4. The Morgan fingerprint density at radius 1 is 1.06 bits per heavy atom. The van der Waals surface area contributed by atoms with Gasteiger partial charge < -0.3 is 19.5 Å². The Labute approximate surface area is 192 Å². The number of amides is 1. The molecule has 0 fully saturated rings. The maximum Gasteiger partial charge on any atom is 0.325 e. The first-order chi connectivity index (χ1) is 14.9. The molecule has 0 saturated heterocycles. The van der Waals surface area contributed by atoms with Crippen LogP contribution >= 0.6 is 34.5 Å². The Bertz CT molecular complexity index is 1100. The van der Waals surface area contributed by atoms with Gasteiger partial charge in [-0.3, -0.25) is 9.59 Å². The average molecular weight is 481 g/mol. The van der Waals surface area contributed by atoms with Crippen molar-refractivity contribution in [1.29, 1.82) is 0 Å². The fourth-order valence-corrected chi connectivity index (χ4v) is 3.90. The Balaban J connectivity index is 1.53. The molecule has 0 spiro atoms. The molecule has 1 heterocycles. The van der Waals surface area contributed by atoms with Gasteiger partial charge in [-0.25, -0.2) is 4.98 Å². The van der Waals surface area contributed by atoms with Crippen molar-refractivity contribution in [1.82, 2.24) is 10.3 Å². The Morgan fingerprint density at radius 3 is 2.55 bits per heavy atom. The highest BCUT2D eigenvalue weighted by atomic mass is 35.5. The Kier molecular flexibility index (Phi) is 7.73. The summed E-state index contributed by atoms with van der Waals surface area (Å²) in [6.45, 7) is -0.315. The second-order valence-corrected chi connectivity index (χ2v) is 7.88. The van der Waals surface area contributed by atoms with Crippen molar-refractivity contribution in [3.05, 3.63) is 63.1 Å². The summed E-state index contributed by atoms with van der Waals surface area (Å²) in [4.78, 5) is 28.6. The van der Waals surface area contributed by atoms with Gasteiger partial charge in [-0.05, 0) is 36.4 Å². The van der Waals surface area contributed by atoms with E-state index in [1.165, 1.54) is 23.5 Å². The Hall–Kier alpha value is -2.81. The van der Waals surface area contributed by atoms with Gasteiger partial charge in [0, 0.05) is 16.0 Å². The fourth-order valence-electron chi connectivity index (χ4n) is 2.60. The van der Waals surface area contributed by atoms with Crippen molar-refractivity contribution in [2.24, 2.45) is 0 Å². The number of esters is 1. The summed E-state index contributed by atoms with van der Waals surface area (Å²) in [5.74, 6) is 0.126. The van der Waals surface area contributed by atoms with Crippen LogP contribution in [0.5, 0.6) is 11.5 Å². The molecule has 1 amide bonds. The maximum atomic E-state index is 12.1. The van der Waals surface area contributed by atoms with Gasteiger partial charge >= 0.3 is 5.97 Å². The van der Waals surface area contributed by atoms with Gasteiger partial charge in [0.2, 0.25) is 0 Å². The van der Waals surface area contributed by atoms with E-state index in [0.717, 1.165) is 10.6 Å². The number of benzene rings is 2. The van der Waals surface area contributed by atoms with E-state index in [9.17, 15) is 9.59 Å². The second-order valence-electron chi connectivity index (χ2n) is 6.18. The maximum absolute atomic E-state index is 12.1. The first kappa shape index (κ1) is 22.9. The third-order valence-electron chi connectivity index (χ3n) is 4.13. The summed E-state index contributed by atoms with van der Waals surface area (Å²) >= 11 is 13.2. The number of hydrogen-bond acceptors (Lipinski definition) is 7. The minimum Gasteiger partial charge on any atom is -0.493 e. The van der Waals surface area contributed by atoms with Crippen molar-refractivity contribution < 1.29 is 23.8 Å². The van der Waals surface area contributed by atoms with Crippen LogP contribution in [-0.2, 0) is 16.1 Å². The van der Waals surface area contributed by atoms with E-state index in [0.29, 0.717) is 22.2 Å². The van der Waals surface area contributed by atoms with E-state index in [4.69, 9.17) is 37.4 Å². The number of thiazole rings is 1. The first-order valence-electron chi connectivity index (χ1n) is 8.97. The predicted molar refractivity (Wildman–Crippen MR) is 119 cm³/mol. The lowest BCUT2D eigenvalue weighted by Crippen LogP contribution is -2.30. The van der Waals surface area contributed by atoms with Crippen LogP contribution in [0.15, 0.2) is 41.8 Å². The number of rotatable bonds is 8. The van der Waals surface area contributed by atoms with Crippen LogP contribution in [0.2, 0.25) is 10.0 Å². The molecule has 3 aromatic rings. The van der Waals surface area contributed by atoms with Crippen LogP contribution in [0.25, 0.3) is 10.6 Å². The molecule has 1 N–H and O–H groups in total. The molecule has 7 nitrogen and oxygen atoms in total. The van der Waals surface area contributed by atoms with Gasteiger partial charge in [-0.15, -0.1) is 11.3 Å². The van der Waals surface area contributed by atoms with Crippen LogP contribution in [0.3, 0.4) is 0 Å². The van der Waals surface area contributed by atoms with Gasteiger partial charge in [-0.1, -0.05) is 23.2 Å². The normalized spacial score (nSPS) is 10.5. The van der Waals surface area contributed by atoms with Crippen LogP contribution in [-0.4, -0.2) is 37.6 Å². The minimum atomic E-state index is -0.598. The van der Waals surface area contributed by atoms with Crippen molar-refractivity contribution in [2.75, 3.05) is 20.8 Å². The molecule has 0 aliphatic heterocycles. The Morgan fingerprint density at radius 2 is 1.84 bits per heavy atom. The summed E-state index contributed by atoms with van der Waals surface area (Å²) in [6, 6.07) is 9.97. The van der Waals surface area contributed by atoms with E-state index in [1.807, 2.05) is 12.1 Å². The van der Waals surface area contributed by atoms with E-state index in [2.05, 4.69) is 10.3 Å². The van der Waals surface area contributed by atoms with Crippen molar-refractivity contribution in [3.63, 3.8) is 0 Å². The highest BCUT2D eigenvalue weighted by Crippen LogP contribution is 2.33. The van der Waals surface area contributed by atoms with E-state index < -0.39 is 11.9 Å². The van der Waals surface area contributed by atoms with Crippen molar-refractivity contribution >= 4 is 46.4 Å². The molecule has 3 rings (SSSR count). The molecule has 10 heteroatoms. The van der Waals surface area contributed by atoms with Crippen LogP contribution in [0.1, 0.15) is 16.1 Å². The topological polar surface area (TPSA) is 86.8 Å². The lowest BCUT2D eigenvalue weighted by atomic mass is 10.2. The SMILES string of the molecule is COc1ccc(-c2nc(COC(=O)CNC(=O)c3ccc(Cl)cc3Cl)cs2)cc1OC. The molecular weight excluding hydrogens is 463 g/mol. The van der Waals surface area contributed by atoms with Crippen molar-refractivity contribution in [3.8, 4) is 22.1 Å². The predicted octanol–water partition coefficient (Wildman–Crippen LogP) is 4.61. The third kappa shape index (κ3) is 5.88. The largest absolute Gasteiger partial charge is 0.493 e. The smallest absolute Gasteiger partial charge is 0.325 e. The number of nitrogens with one attached hydrogen (secondary N) is 1. The number of halogens is 2. The zero-order valence-corrected chi connectivity index (χ0v) is 18.9. The van der Waals surface area contributed by atoms with Gasteiger partial charge in [-0.2, -0.15) is 0 Å². The molecule has 0 saturated carbocycles. The third-order valence-corrected chi connectivity index (χ3v) is 5.62. The summed E-state index contributed by atoms with van der Waals surface area (Å²) < 4.78 is 15.7. The number of nitrogens with zero attached hydrogens (tertiary/aromatic N) is 1. The lowest BCUT2D eigenvalue weighted by molar-refractivity contribution is -0.143. The molecule has 0 unspecified atom stereocenters. The number of hydrogen-bond donors (Lipinski definition) is 1. The van der Waals surface area contributed by atoms with E-state index in [1.54, 1.807) is 31.7 Å². The van der Waals surface area contributed by atoms with Gasteiger partial charge in [0.05, 0.1) is 30.5 Å². The summed E-state index contributed by atoms with van der Waals surface area (Å²) in [5.41, 5.74) is 1.67. The minimum absolute atomic E-state index is 0.0137. The molecule has 2 aromatic carbocycles. The monoisotopic (exact) mass is 480 g/mol. The fraction of sp³-hybridized carbons (Fsp3) is 0.190. The molecule has 0 radical (unpaired) electrons. The van der Waals surface area contributed by atoms with Gasteiger partial charge in [0.15, 0.2) is 11.5 Å². The van der Waals surface area contributed by atoms with Crippen LogP contribution in [0.4, 0.5) is 0 Å². The average Bonchev–Trinajstić information content (AvgIpc) is 3.24. The molecular formula is C21H18Cl2N2O5S. The molecule has 1 aromatic heterocycles. The summed E-state index contributed by atoms with van der Waals surface area (Å²) in [7, 11) is 3.13. The number of carbonyl (C=O) groups is 2.